The lowest BCUT2D eigenvalue weighted by Crippen LogP contribution is -2.22. The number of carbonyl (C=O) groups is 1. The lowest BCUT2D eigenvalue weighted by atomic mass is 10.0. The molecule has 26 heavy (non-hydrogen) atoms. The summed E-state index contributed by atoms with van der Waals surface area (Å²) in [5, 5.41) is 5.53. The summed E-state index contributed by atoms with van der Waals surface area (Å²) >= 11 is 0. The van der Waals surface area contributed by atoms with Crippen molar-refractivity contribution < 1.29 is 9.53 Å². The van der Waals surface area contributed by atoms with Crippen LogP contribution in [-0.4, -0.2) is 13.0 Å². The summed E-state index contributed by atoms with van der Waals surface area (Å²) in [7, 11) is 1.65. The molecule has 3 aromatic carbocycles. The molecule has 3 rings (SSSR count). The molecular weight excluding hydrogens is 322 g/mol. The molecular formula is C23H25NO2. The van der Waals surface area contributed by atoms with Gasteiger partial charge in [-0.15, -0.1) is 0 Å². The summed E-state index contributed by atoms with van der Waals surface area (Å²) in [6.07, 6.45) is 3.47. The van der Waals surface area contributed by atoms with Gasteiger partial charge in [0.15, 0.2) is 0 Å². The maximum absolute atomic E-state index is 12.1. The Hall–Kier alpha value is -2.81. The summed E-state index contributed by atoms with van der Waals surface area (Å²) in [6, 6.07) is 22.8. The van der Waals surface area contributed by atoms with Gasteiger partial charge in [-0.3, -0.25) is 4.79 Å². The third-order valence-corrected chi connectivity index (χ3v) is 4.60. The number of para-hydroxylation sites is 1. The standard InChI is InChI=1S/C23H25NO2/c1-26-22-12-6-5-11-21(22)17-24-23(25)13-7-2-8-18-14-15-19-9-3-4-10-20(19)16-18/h3-6,9-12,14-16H,2,7-8,13,17H2,1H3,(H,24,25). The molecule has 0 unspecified atom stereocenters. The third kappa shape index (κ3) is 4.85. The fraction of sp³-hybridized carbons (Fsp3) is 0.261. The predicted molar refractivity (Wildman–Crippen MR) is 106 cm³/mol. The van der Waals surface area contributed by atoms with Crippen LogP contribution >= 0.6 is 0 Å². The van der Waals surface area contributed by atoms with Gasteiger partial charge in [0.2, 0.25) is 5.91 Å². The second-order valence-electron chi connectivity index (χ2n) is 6.48. The summed E-state index contributed by atoms with van der Waals surface area (Å²) in [6.45, 7) is 0.507. The fourth-order valence-corrected chi connectivity index (χ4v) is 3.14. The lowest BCUT2D eigenvalue weighted by Gasteiger charge is -2.09. The van der Waals surface area contributed by atoms with Crippen LogP contribution in [0.4, 0.5) is 0 Å². The highest BCUT2D eigenvalue weighted by atomic mass is 16.5. The number of hydrogen-bond acceptors (Lipinski definition) is 2. The maximum Gasteiger partial charge on any atom is 0.220 e. The van der Waals surface area contributed by atoms with E-state index in [4.69, 9.17) is 4.74 Å². The van der Waals surface area contributed by atoms with Gasteiger partial charge in [-0.05, 0) is 41.7 Å². The number of ether oxygens (including phenoxy) is 1. The van der Waals surface area contributed by atoms with Crippen LogP contribution in [0.1, 0.15) is 30.4 Å². The summed E-state index contributed by atoms with van der Waals surface area (Å²) < 4.78 is 5.30. The van der Waals surface area contributed by atoms with E-state index in [1.165, 1.54) is 16.3 Å². The van der Waals surface area contributed by atoms with Gasteiger partial charge in [0.25, 0.3) is 0 Å². The topological polar surface area (TPSA) is 38.3 Å². The summed E-state index contributed by atoms with van der Waals surface area (Å²) in [4.78, 5) is 12.1. The van der Waals surface area contributed by atoms with Crippen molar-refractivity contribution in [2.24, 2.45) is 0 Å². The van der Waals surface area contributed by atoms with Crippen molar-refractivity contribution in [3.05, 3.63) is 77.9 Å². The highest BCUT2D eigenvalue weighted by Gasteiger charge is 2.05. The van der Waals surface area contributed by atoms with Crippen LogP contribution in [0.25, 0.3) is 10.8 Å². The van der Waals surface area contributed by atoms with E-state index in [0.29, 0.717) is 13.0 Å². The van der Waals surface area contributed by atoms with Crippen LogP contribution in [0.15, 0.2) is 66.7 Å². The molecule has 3 nitrogen and oxygen atoms in total. The number of carbonyl (C=O) groups excluding carboxylic acids is 1. The van der Waals surface area contributed by atoms with Crippen LogP contribution in [0, 0.1) is 0 Å². The molecule has 0 fully saturated rings. The van der Waals surface area contributed by atoms with E-state index in [1.807, 2.05) is 24.3 Å². The second kappa shape index (κ2) is 9.04. The molecule has 0 aromatic heterocycles. The van der Waals surface area contributed by atoms with Crippen LogP contribution < -0.4 is 10.1 Å². The molecule has 0 aliphatic carbocycles. The smallest absolute Gasteiger partial charge is 0.220 e. The first-order valence-corrected chi connectivity index (χ1v) is 9.12. The van der Waals surface area contributed by atoms with Crippen molar-refractivity contribution in [3.63, 3.8) is 0 Å². The normalized spacial score (nSPS) is 10.7. The number of unbranched alkanes of at least 4 members (excludes halogenated alkanes) is 1. The fourth-order valence-electron chi connectivity index (χ4n) is 3.14. The highest BCUT2D eigenvalue weighted by Crippen LogP contribution is 2.18. The molecule has 0 aliphatic heterocycles. The van der Waals surface area contributed by atoms with Gasteiger partial charge < -0.3 is 10.1 Å². The SMILES string of the molecule is COc1ccccc1CNC(=O)CCCCc1ccc2ccccc2c1. The minimum atomic E-state index is 0.0921. The molecule has 0 radical (unpaired) electrons. The van der Waals surface area contributed by atoms with E-state index >= 15 is 0 Å². The Kier molecular flexibility index (Phi) is 6.26. The Morgan fingerprint density at radius 1 is 0.923 bits per heavy atom. The van der Waals surface area contributed by atoms with Crippen LogP contribution in [0.5, 0.6) is 5.75 Å². The van der Waals surface area contributed by atoms with Crippen molar-refractivity contribution >= 4 is 16.7 Å². The van der Waals surface area contributed by atoms with Gasteiger partial charge in [-0.2, -0.15) is 0 Å². The van der Waals surface area contributed by atoms with Crippen molar-refractivity contribution in [2.45, 2.75) is 32.2 Å². The number of nitrogens with one attached hydrogen (secondary N) is 1. The van der Waals surface area contributed by atoms with Gasteiger partial charge in [0, 0.05) is 18.5 Å². The number of amides is 1. The largest absolute Gasteiger partial charge is 0.496 e. The Morgan fingerprint density at radius 2 is 1.69 bits per heavy atom. The van der Waals surface area contributed by atoms with Crippen LogP contribution in [-0.2, 0) is 17.8 Å². The zero-order valence-corrected chi connectivity index (χ0v) is 15.2. The number of benzene rings is 3. The first kappa shape index (κ1) is 18.0. The lowest BCUT2D eigenvalue weighted by molar-refractivity contribution is -0.121. The highest BCUT2D eigenvalue weighted by molar-refractivity contribution is 5.83. The van der Waals surface area contributed by atoms with E-state index in [0.717, 1.165) is 30.6 Å². The van der Waals surface area contributed by atoms with Crippen molar-refractivity contribution in [1.82, 2.24) is 5.32 Å². The zero-order chi connectivity index (χ0) is 18.2. The molecule has 0 atom stereocenters. The first-order valence-electron chi connectivity index (χ1n) is 9.12. The number of rotatable bonds is 8. The Morgan fingerprint density at radius 3 is 2.54 bits per heavy atom. The van der Waals surface area contributed by atoms with Gasteiger partial charge in [0.1, 0.15) is 5.75 Å². The molecule has 0 bridgehead atoms. The molecule has 0 saturated heterocycles. The van der Waals surface area contributed by atoms with E-state index in [9.17, 15) is 4.79 Å². The molecule has 3 aromatic rings. The molecule has 0 spiro atoms. The number of aryl methyl sites for hydroxylation is 1. The Bertz CT molecular complexity index is 873. The molecule has 1 amide bonds. The summed E-state index contributed by atoms with van der Waals surface area (Å²) in [5.74, 6) is 0.901. The van der Waals surface area contributed by atoms with Crippen molar-refractivity contribution in [1.29, 1.82) is 0 Å². The first-order chi connectivity index (χ1) is 12.8. The maximum atomic E-state index is 12.1. The average molecular weight is 347 g/mol. The van der Waals surface area contributed by atoms with Gasteiger partial charge >= 0.3 is 0 Å². The van der Waals surface area contributed by atoms with Crippen LogP contribution in [0.2, 0.25) is 0 Å². The minimum Gasteiger partial charge on any atom is -0.496 e. The molecule has 1 N–H and O–H groups in total. The molecule has 0 aliphatic rings. The van der Waals surface area contributed by atoms with E-state index < -0.39 is 0 Å². The van der Waals surface area contributed by atoms with Crippen molar-refractivity contribution in [2.75, 3.05) is 7.11 Å². The monoisotopic (exact) mass is 347 g/mol. The zero-order valence-electron chi connectivity index (χ0n) is 15.2. The van der Waals surface area contributed by atoms with E-state index in [2.05, 4.69) is 47.8 Å². The molecule has 0 heterocycles. The molecule has 134 valence electrons. The van der Waals surface area contributed by atoms with Gasteiger partial charge in [0.05, 0.1) is 7.11 Å². The average Bonchev–Trinajstić information content (AvgIpc) is 2.69. The van der Waals surface area contributed by atoms with Crippen LogP contribution in [0.3, 0.4) is 0 Å². The minimum absolute atomic E-state index is 0.0921. The predicted octanol–water partition coefficient (Wildman–Crippen LogP) is 4.88. The van der Waals surface area contributed by atoms with E-state index in [1.54, 1.807) is 7.11 Å². The number of methoxy groups -OCH3 is 1. The van der Waals surface area contributed by atoms with E-state index in [-0.39, 0.29) is 5.91 Å². The number of hydrogen-bond donors (Lipinski definition) is 1. The second-order valence-corrected chi connectivity index (χ2v) is 6.48. The van der Waals surface area contributed by atoms with Gasteiger partial charge in [-0.25, -0.2) is 0 Å². The third-order valence-electron chi connectivity index (χ3n) is 4.60. The van der Waals surface area contributed by atoms with Gasteiger partial charge in [-0.1, -0.05) is 60.7 Å². The number of fused-ring (bicyclic) bond motifs is 1. The molecule has 3 heteroatoms. The summed E-state index contributed by atoms with van der Waals surface area (Å²) in [5.41, 5.74) is 2.33. The Balaban J connectivity index is 1.40. The Labute approximate surface area is 155 Å². The molecule has 0 saturated carbocycles. The quantitative estimate of drug-likeness (QED) is 0.590. The van der Waals surface area contributed by atoms with Crippen molar-refractivity contribution in [3.8, 4) is 5.75 Å².